The Kier molecular flexibility index (Phi) is 15.7. The molecule has 3 rings (SSSR count). The van der Waals surface area contributed by atoms with Crippen molar-refractivity contribution in [1.82, 2.24) is 36.1 Å². The van der Waals surface area contributed by atoms with Crippen LogP contribution in [0.5, 0.6) is 0 Å². The minimum absolute atomic E-state index is 0.0950. The number of amides is 5. The van der Waals surface area contributed by atoms with Crippen LogP contribution in [0, 0.1) is 0 Å². The normalized spacial score (nSPS) is 12.5. The minimum Gasteiger partial charge on any atom is -0.444 e. The summed E-state index contributed by atoms with van der Waals surface area (Å²) in [4.78, 5) is 62.5. The third kappa shape index (κ3) is 15.2. The molecule has 2 atom stereocenters. The van der Waals surface area contributed by atoms with Gasteiger partial charge in [0.1, 0.15) is 18.2 Å². The van der Waals surface area contributed by atoms with E-state index in [1.165, 1.54) is 16.2 Å². The summed E-state index contributed by atoms with van der Waals surface area (Å²) in [6, 6.07) is 8.05. The van der Waals surface area contributed by atoms with Crippen molar-refractivity contribution >= 4 is 46.8 Å². The molecule has 1 aromatic carbocycles. The van der Waals surface area contributed by atoms with E-state index in [4.69, 9.17) is 9.47 Å². The molecule has 4 N–H and O–H groups in total. The molecule has 0 unspecified atom stereocenters. The molecular formula is C34H49N7O6S2. The maximum Gasteiger partial charge on any atom is 0.407 e. The third-order valence-corrected chi connectivity index (χ3v) is 8.97. The van der Waals surface area contributed by atoms with E-state index < -0.39 is 29.9 Å². The van der Waals surface area contributed by atoms with E-state index in [2.05, 4.69) is 45.1 Å². The quantitative estimate of drug-likeness (QED) is 0.132. The molecule has 0 fully saturated rings. The number of urea groups is 1. The molecule has 0 bridgehead atoms. The molecule has 0 aliphatic heterocycles. The Bertz CT molecular complexity index is 1460. The zero-order valence-electron chi connectivity index (χ0n) is 29.1. The maximum atomic E-state index is 13.8. The van der Waals surface area contributed by atoms with E-state index in [0.29, 0.717) is 25.8 Å². The molecule has 2 heterocycles. The van der Waals surface area contributed by atoms with Gasteiger partial charge in [-0.1, -0.05) is 44.2 Å². The number of ether oxygens (including phenoxy) is 2. The fraction of sp³-hybridized carbons (Fsp3) is 0.529. The summed E-state index contributed by atoms with van der Waals surface area (Å²) in [6.45, 7) is 10.3. The van der Waals surface area contributed by atoms with Gasteiger partial charge < -0.3 is 35.6 Å². The highest BCUT2D eigenvalue weighted by Gasteiger charge is 2.26. The zero-order chi connectivity index (χ0) is 35.8. The number of nitrogens with one attached hydrogen (secondary N) is 4. The second-order valence-electron chi connectivity index (χ2n) is 12.9. The molecule has 3 aromatic rings. The first-order chi connectivity index (χ1) is 23.3. The van der Waals surface area contributed by atoms with Gasteiger partial charge in [-0.15, -0.1) is 22.7 Å². The van der Waals surface area contributed by atoms with E-state index in [-0.39, 0.29) is 44.0 Å². The van der Waals surface area contributed by atoms with Crippen molar-refractivity contribution in [3.8, 4) is 0 Å². The third-order valence-electron chi connectivity index (χ3n) is 7.02. The van der Waals surface area contributed by atoms with Gasteiger partial charge in [-0.05, 0) is 52.0 Å². The van der Waals surface area contributed by atoms with Crippen LogP contribution in [0.3, 0.4) is 0 Å². The molecule has 15 heteroatoms. The minimum atomic E-state index is -0.954. The van der Waals surface area contributed by atoms with Crippen molar-refractivity contribution in [2.24, 2.45) is 0 Å². The van der Waals surface area contributed by atoms with Crippen LogP contribution >= 0.6 is 22.7 Å². The first-order valence-corrected chi connectivity index (χ1v) is 18.1. The van der Waals surface area contributed by atoms with Crippen LogP contribution in [-0.4, -0.2) is 76.8 Å². The molecule has 0 saturated heterocycles. The van der Waals surface area contributed by atoms with Crippen LogP contribution in [0.2, 0.25) is 0 Å². The standard InChI is InChI=1S/C34H49N7O6S2/c1-23(2)30-39-26(21-48-30)19-41(6)31(43)40-28(14-16-37-33(45)47-34(3,4)5)29(42)38-25(17-24-11-8-7-9-12-24)13-10-15-36-32(44)46-20-27-18-35-22-49-27/h7-9,11-12,18,21-23,25,28H,10,13-17,19-20H2,1-6H3,(H,36,44)(H,37,45)(H,38,42)(H,40,43)/t25-,28+/m1/s1. The van der Waals surface area contributed by atoms with Crippen LogP contribution < -0.4 is 21.3 Å². The lowest BCUT2D eigenvalue weighted by Crippen LogP contribution is -2.53. The van der Waals surface area contributed by atoms with Crippen molar-refractivity contribution < 1.29 is 28.7 Å². The van der Waals surface area contributed by atoms with Gasteiger partial charge in [0.05, 0.1) is 27.6 Å². The van der Waals surface area contributed by atoms with Crippen molar-refractivity contribution in [3.05, 3.63) is 68.6 Å². The molecule has 0 radical (unpaired) electrons. The smallest absolute Gasteiger partial charge is 0.407 e. The number of alkyl carbamates (subject to hydrolysis) is 2. The summed E-state index contributed by atoms with van der Waals surface area (Å²) >= 11 is 2.96. The number of rotatable bonds is 17. The first-order valence-electron chi connectivity index (χ1n) is 16.3. The lowest BCUT2D eigenvalue weighted by Gasteiger charge is -2.26. The fourth-order valence-corrected chi connectivity index (χ4v) is 5.93. The number of hydrogen-bond donors (Lipinski definition) is 4. The molecule has 5 amide bonds. The Morgan fingerprint density at radius 3 is 2.35 bits per heavy atom. The molecule has 0 aliphatic carbocycles. The molecule has 0 saturated carbocycles. The summed E-state index contributed by atoms with van der Waals surface area (Å²) in [7, 11) is 1.64. The number of nitrogens with zero attached hydrogens (tertiary/aromatic N) is 3. The molecule has 2 aromatic heterocycles. The number of aromatic nitrogens is 2. The van der Waals surface area contributed by atoms with E-state index in [1.54, 1.807) is 50.9 Å². The Balaban J connectivity index is 1.64. The maximum absolute atomic E-state index is 13.8. The lowest BCUT2D eigenvalue weighted by molar-refractivity contribution is -0.123. The number of carbonyl (C=O) groups is 4. The van der Waals surface area contributed by atoms with Crippen LogP contribution in [0.4, 0.5) is 14.4 Å². The highest BCUT2D eigenvalue weighted by molar-refractivity contribution is 7.09. The number of hydrogen-bond acceptors (Lipinski definition) is 10. The van der Waals surface area contributed by atoms with E-state index in [1.807, 2.05) is 35.7 Å². The molecule has 49 heavy (non-hydrogen) atoms. The van der Waals surface area contributed by atoms with Crippen molar-refractivity contribution in [2.45, 2.75) is 97.1 Å². The van der Waals surface area contributed by atoms with E-state index in [9.17, 15) is 19.2 Å². The fourth-order valence-electron chi connectivity index (χ4n) is 4.60. The van der Waals surface area contributed by atoms with Gasteiger partial charge >= 0.3 is 18.2 Å². The van der Waals surface area contributed by atoms with Gasteiger partial charge in [-0.2, -0.15) is 0 Å². The Morgan fingerprint density at radius 2 is 1.69 bits per heavy atom. The Hall–Kier alpha value is -4.24. The zero-order valence-corrected chi connectivity index (χ0v) is 30.7. The van der Waals surface area contributed by atoms with Crippen LogP contribution in [0.25, 0.3) is 0 Å². The first kappa shape index (κ1) is 39.2. The van der Waals surface area contributed by atoms with Crippen molar-refractivity contribution in [3.63, 3.8) is 0 Å². The predicted molar refractivity (Wildman–Crippen MR) is 190 cm³/mol. The average Bonchev–Trinajstić information content (AvgIpc) is 3.74. The highest BCUT2D eigenvalue weighted by atomic mass is 32.1. The van der Waals surface area contributed by atoms with E-state index in [0.717, 1.165) is 21.1 Å². The Labute approximate surface area is 296 Å². The SMILES string of the molecule is CC(C)c1nc(CN(C)C(=O)N[C@@H](CCNC(=O)OC(C)(C)C)C(=O)N[C@H](CCCNC(=O)OCc2cncs2)Cc2ccccc2)cs1. The van der Waals surface area contributed by atoms with E-state index >= 15 is 0 Å². The summed E-state index contributed by atoms with van der Waals surface area (Å²) < 4.78 is 10.6. The number of carbonyl (C=O) groups excluding carboxylic acids is 4. The lowest BCUT2D eigenvalue weighted by atomic mass is 10.0. The average molecular weight is 716 g/mol. The van der Waals surface area contributed by atoms with Gasteiger partial charge in [-0.3, -0.25) is 9.78 Å². The van der Waals surface area contributed by atoms with Gasteiger partial charge in [-0.25, -0.2) is 19.4 Å². The largest absolute Gasteiger partial charge is 0.444 e. The van der Waals surface area contributed by atoms with Gasteiger partial charge in [0.15, 0.2) is 0 Å². The summed E-state index contributed by atoms with van der Waals surface area (Å²) in [6.07, 6.45) is 2.30. The number of thiazole rings is 2. The van der Waals surface area contributed by atoms with Crippen LogP contribution in [0.15, 0.2) is 47.4 Å². The van der Waals surface area contributed by atoms with Crippen LogP contribution in [-0.2, 0) is 33.8 Å². The molecule has 268 valence electrons. The van der Waals surface area contributed by atoms with Crippen molar-refractivity contribution in [2.75, 3.05) is 20.1 Å². The molecule has 0 aliphatic rings. The predicted octanol–water partition coefficient (Wildman–Crippen LogP) is 5.58. The summed E-state index contributed by atoms with van der Waals surface area (Å²) in [5.74, 6) is -0.104. The summed E-state index contributed by atoms with van der Waals surface area (Å²) in [5, 5.41) is 14.3. The second-order valence-corrected chi connectivity index (χ2v) is 14.8. The Morgan fingerprint density at radius 1 is 0.959 bits per heavy atom. The van der Waals surface area contributed by atoms with Crippen molar-refractivity contribution in [1.29, 1.82) is 0 Å². The molecule has 13 nitrogen and oxygen atoms in total. The summed E-state index contributed by atoms with van der Waals surface area (Å²) in [5.41, 5.74) is 2.79. The van der Waals surface area contributed by atoms with Gasteiger partial charge in [0, 0.05) is 43.7 Å². The van der Waals surface area contributed by atoms with Crippen LogP contribution in [0.1, 0.15) is 80.9 Å². The monoisotopic (exact) mass is 715 g/mol. The van der Waals surface area contributed by atoms with Gasteiger partial charge in [0.2, 0.25) is 5.91 Å². The highest BCUT2D eigenvalue weighted by Crippen LogP contribution is 2.20. The second kappa shape index (κ2) is 19.7. The molecular weight excluding hydrogens is 667 g/mol. The number of benzene rings is 1. The van der Waals surface area contributed by atoms with Gasteiger partial charge in [0.25, 0.3) is 0 Å². The topological polar surface area (TPSA) is 164 Å². The molecule has 0 spiro atoms.